The Labute approximate surface area is 60.1 Å². The van der Waals surface area contributed by atoms with Crippen LogP contribution in [0.4, 0.5) is 0 Å². The van der Waals surface area contributed by atoms with Crippen LogP contribution in [0.3, 0.4) is 0 Å². The molecule has 48 valence electrons. The summed E-state index contributed by atoms with van der Waals surface area (Å²) in [5.74, 6) is 0. The Bertz CT molecular complexity index is 68.9. The molecule has 0 bridgehead atoms. The van der Waals surface area contributed by atoms with Gasteiger partial charge in [0.2, 0.25) is 0 Å². The number of rotatable bonds is 3. The summed E-state index contributed by atoms with van der Waals surface area (Å²) < 4.78 is 0. The molecule has 0 nitrogen and oxygen atoms in total. The fourth-order valence-corrected chi connectivity index (χ4v) is 0.996. The van der Waals surface area contributed by atoms with Crippen LogP contribution in [-0.4, -0.2) is 17.8 Å². The molecule has 0 aromatic heterocycles. The van der Waals surface area contributed by atoms with E-state index in [9.17, 15) is 0 Å². The van der Waals surface area contributed by atoms with Crippen LogP contribution in [0.2, 0.25) is 0 Å². The van der Waals surface area contributed by atoms with Gasteiger partial charge < -0.3 is 0 Å². The first kappa shape index (κ1) is 8.44. The Morgan fingerprint density at radius 3 is 2.38 bits per heavy atom. The first-order valence-electron chi connectivity index (χ1n) is 2.53. The minimum atomic E-state index is 0.669. The predicted octanol–water partition coefficient (Wildman–Crippen LogP) is 2.61. The molecule has 8 heavy (non-hydrogen) atoms. The van der Waals surface area contributed by atoms with E-state index in [2.05, 4.69) is 30.9 Å². The largest absolute Gasteiger partial charge is 0.158 e. The zero-order valence-corrected chi connectivity index (χ0v) is 7.18. The topological polar surface area (TPSA) is 0 Å². The highest BCUT2D eigenvalue weighted by Gasteiger charge is 1.87. The Balaban J connectivity index is 3.21. The Kier molecular flexibility index (Phi) is 5.88. The standard InChI is InChI=1S/C6H12S2/c1-6(8-3)4-5-7-2/h4-6H,1-3H3. The van der Waals surface area contributed by atoms with Crippen LogP contribution >= 0.6 is 23.5 Å². The fraction of sp³-hybridized carbons (Fsp3) is 0.667. The van der Waals surface area contributed by atoms with E-state index in [1.807, 2.05) is 11.8 Å². The molecule has 0 aromatic carbocycles. The molecule has 0 amide bonds. The van der Waals surface area contributed by atoms with E-state index < -0.39 is 0 Å². The van der Waals surface area contributed by atoms with Gasteiger partial charge in [-0.2, -0.15) is 11.8 Å². The van der Waals surface area contributed by atoms with Gasteiger partial charge in [0, 0.05) is 5.25 Å². The van der Waals surface area contributed by atoms with Crippen LogP contribution in [-0.2, 0) is 0 Å². The lowest BCUT2D eigenvalue weighted by Crippen LogP contribution is -1.84. The first-order chi connectivity index (χ1) is 3.81. The molecule has 0 rings (SSSR count). The van der Waals surface area contributed by atoms with Crippen molar-refractivity contribution in [2.75, 3.05) is 12.5 Å². The Hall–Kier alpha value is 0.440. The molecule has 0 radical (unpaired) electrons. The van der Waals surface area contributed by atoms with E-state index in [0.717, 1.165) is 0 Å². The second kappa shape index (κ2) is 5.57. The van der Waals surface area contributed by atoms with Crippen LogP contribution < -0.4 is 0 Å². The average Bonchev–Trinajstić information content (AvgIpc) is 1.83. The normalized spacial score (nSPS) is 14.9. The molecule has 0 heterocycles. The maximum Gasteiger partial charge on any atom is 0.0203 e. The van der Waals surface area contributed by atoms with E-state index in [-0.39, 0.29) is 0 Å². The summed E-state index contributed by atoms with van der Waals surface area (Å²) in [5.41, 5.74) is 0. The molecule has 0 aromatic rings. The molecular formula is C6H12S2. The summed E-state index contributed by atoms with van der Waals surface area (Å²) in [4.78, 5) is 0. The molecule has 2 heteroatoms. The molecule has 0 saturated carbocycles. The molecule has 0 saturated heterocycles. The summed E-state index contributed by atoms with van der Waals surface area (Å²) in [5, 5.41) is 2.80. The summed E-state index contributed by atoms with van der Waals surface area (Å²) in [6.07, 6.45) is 6.40. The van der Waals surface area contributed by atoms with Gasteiger partial charge in [0.1, 0.15) is 0 Å². The van der Waals surface area contributed by atoms with Gasteiger partial charge in [-0.25, -0.2) is 0 Å². The third kappa shape index (κ3) is 4.60. The van der Waals surface area contributed by atoms with Gasteiger partial charge in [0.15, 0.2) is 0 Å². The van der Waals surface area contributed by atoms with Crippen LogP contribution in [0.15, 0.2) is 11.5 Å². The third-order valence-electron chi connectivity index (χ3n) is 0.857. The van der Waals surface area contributed by atoms with Crippen LogP contribution in [0.25, 0.3) is 0 Å². The summed E-state index contributed by atoms with van der Waals surface area (Å²) in [6, 6.07) is 0. The van der Waals surface area contributed by atoms with Crippen LogP contribution in [0, 0.1) is 0 Å². The molecule has 0 fully saturated rings. The Morgan fingerprint density at radius 2 is 2.00 bits per heavy atom. The van der Waals surface area contributed by atoms with Crippen molar-refractivity contribution in [3.63, 3.8) is 0 Å². The zero-order chi connectivity index (χ0) is 6.41. The van der Waals surface area contributed by atoms with Crippen molar-refractivity contribution in [3.8, 4) is 0 Å². The molecule has 1 unspecified atom stereocenters. The van der Waals surface area contributed by atoms with Gasteiger partial charge in [0.05, 0.1) is 0 Å². The molecule has 0 spiro atoms. The van der Waals surface area contributed by atoms with Crippen molar-refractivity contribution in [1.29, 1.82) is 0 Å². The van der Waals surface area contributed by atoms with Crippen LogP contribution in [0.1, 0.15) is 6.92 Å². The molecule has 0 aliphatic rings. The van der Waals surface area contributed by atoms with E-state index >= 15 is 0 Å². The lowest BCUT2D eigenvalue weighted by molar-refractivity contribution is 1.26. The van der Waals surface area contributed by atoms with E-state index in [1.54, 1.807) is 11.8 Å². The van der Waals surface area contributed by atoms with E-state index in [0.29, 0.717) is 5.25 Å². The summed E-state index contributed by atoms with van der Waals surface area (Å²) in [6.45, 7) is 2.19. The van der Waals surface area contributed by atoms with Crippen LogP contribution in [0.5, 0.6) is 0 Å². The summed E-state index contributed by atoms with van der Waals surface area (Å²) >= 11 is 3.62. The zero-order valence-electron chi connectivity index (χ0n) is 5.55. The van der Waals surface area contributed by atoms with E-state index in [1.165, 1.54) is 0 Å². The second-order valence-corrected chi connectivity index (χ2v) is 3.46. The average molecular weight is 148 g/mol. The van der Waals surface area contributed by atoms with Crippen molar-refractivity contribution in [2.24, 2.45) is 0 Å². The van der Waals surface area contributed by atoms with Gasteiger partial charge >= 0.3 is 0 Å². The number of hydrogen-bond acceptors (Lipinski definition) is 2. The lowest BCUT2D eigenvalue weighted by atomic mass is 10.5. The molecular weight excluding hydrogens is 136 g/mol. The van der Waals surface area contributed by atoms with Gasteiger partial charge in [-0.15, -0.1) is 11.8 Å². The number of hydrogen-bond donors (Lipinski definition) is 0. The van der Waals surface area contributed by atoms with Crippen molar-refractivity contribution < 1.29 is 0 Å². The third-order valence-corrected chi connectivity index (χ3v) is 2.19. The summed E-state index contributed by atoms with van der Waals surface area (Å²) in [7, 11) is 0. The minimum Gasteiger partial charge on any atom is -0.158 e. The first-order valence-corrected chi connectivity index (χ1v) is 5.11. The van der Waals surface area contributed by atoms with Gasteiger partial charge in [-0.05, 0) is 24.8 Å². The molecule has 0 aliphatic heterocycles. The highest BCUT2D eigenvalue weighted by Crippen LogP contribution is 2.07. The van der Waals surface area contributed by atoms with E-state index in [4.69, 9.17) is 0 Å². The highest BCUT2D eigenvalue weighted by molar-refractivity contribution is 8.01. The maximum atomic E-state index is 2.20. The van der Waals surface area contributed by atoms with Crippen molar-refractivity contribution >= 4 is 23.5 Å². The monoisotopic (exact) mass is 148 g/mol. The molecule has 1 atom stereocenters. The predicted molar refractivity (Wildman–Crippen MR) is 45.6 cm³/mol. The molecule has 0 N–H and O–H groups in total. The van der Waals surface area contributed by atoms with Gasteiger partial charge in [-0.3, -0.25) is 0 Å². The highest BCUT2D eigenvalue weighted by atomic mass is 32.2. The Morgan fingerprint density at radius 1 is 1.38 bits per heavy atom. The smallest absolute Gasteiger partial charge is 0.0203 e. The van der Waals surface area contributed by atoms with Gasteiger partial charge in [-0.1, -0.05) is 6.08 Å². The fourth-order valence-electron chi connectivity index (χ4n) is 0.268. The second-order valence-electron chi connectivity index (χ2n) is 1.51. The van der Waals surface area contributed by atoms with Crippen molar-refractivity contribution in [2.45, 2.75) is 12.2 Å². The van der Waals surface area contributed by atoms with Crippen molar-refractivity contribution in [3.05, 3.63) is 11.5 Å². The maximum absolute atomic E-state index is 2.20. The minimum absolute atomic E-state index is 0.669. The van der Waals surface area contributed by atoms with Gasteiger partial charge in [0.25, 0.3) is 0 Å². The van der Waals surface area contributed by atoms with Crippen molar-refractivity contribution in [1.82, 2.24) is 0 Å². The molecule has 0 aliphatic carbocycles. The lowest BCUT2D eigenvalue weighted by Gasteiger charge is -1.96. The quantitative estimate of drug-likeness (QED) is 0.603. The SMILES string of the molecule is CSC=CC(C)SC. The number of thioether (sulfide) groups is 2.